The standard InChI is InChI=1S/C14H14BrN3O3S2/c1-9(19)16-14-17-12-6-7-18(8-13(12)22-14)23(20,21)11-4-2-10(15)3-5-11/h2-5H,6-8H2,1H3,(H,16,17,19). The van der Waals surface area contributed by atoms with E-state index in [1.54, 1.807) is 24.3 Å². The number of amides is 1. The third-order valence-electron chi connectivity index (χ3n) is 3.43. The van der Waals surface area contributed by atoms with Gasteiger partial charge in [-0.3, -0.25) is 4.79 Å². The van der Waals surface area contributed by atoms with Gasteiger partial charge in [0.15, 0.2) is 5.13 Å². The molecule has 0 spiro atoms. The molecule has 6 nitrogen and oxygen atoms in total. The van der Waals surface area contributed by atoms with Crippen molar-refractivity contribution in [2.24, 2.45) is 0 Å². The number of carbonyl (C=O) groups is 1. The van der Waals surface area contributed by atoms with Crippen LogP contribution in [0.5, 0.6) is 0 Å². The van der Waals surface area contributed by atoms with Crippen molar-refractivity contribution in [1.82, 2.24) is 9.29 Å². The molecular weight excluding hydrogens is 402 g/mol. The summed E-state index contributed by atoms with van der Waals surface area (Å²) in [5.41, 5.74) is 0.862. The molecular formula is C14H14BrN3O3S2. The second kappa shape index (κ2) is 6.31. The maximum atomic E-state index is 12.7. The van der Waals surface area contributed by atoms with Gasteiger partial charge in [0.2, 0.25) is 15.9 Å². The monoisotopic (exact) mass is 415 g/mol. The number of nitrogens with one attached hydrogen (secondary N) is 1. The maximum Gasteiger partial charge on any atom is 0.243 e. The average molecular weight is 416 g/mol. The molecule has 0 atom stereocenters. The van der Waals surface area contributed by atoms with Crippen LogP contribution in [0.2, 0.25) is 0 Å². The zero-order chi connectivity index (χ0) is 16.6. The van der Waals surface area contributed by atoms with Crippen LogP contribution >= 0.6 is 27.3 Å². The number of anilines is 1. The molecule has 1 aromatic heterocycles. The summed E-state index contributed by atoms with van der Waals surface area (Å²) in [5.74, 6) is -0.185. The minimum absolute atomic E-state index is 0.185. The largest absolute Gasteiger partial charge is 0.302 e. The second-order valence-electron chi connectivity index (χ2n) is 5.11. The Kier molecular flexibility index (Phi) is 4.54. The normalized spacial score (nSPS) is 15.2. The molecule has 3 rings (SSSR count). The Balaban J connectivity index is 1.84. The zero-order valence-corrected chi connectivity index (χ0v) is 15.5. The van der Waals surface area contributed by atoms with Gasteiger partial charge in [-0.25, -0.2) is 13.4 Å². The zero-order valence-electron chi connectivity index (χ0n) is 12.2. The molecule has 0 aliphatic carbocycles. The van der Waals surface area contributed by atoms with Gasteiger partial charge in [0.25, 0.3) is 0 Å². The summed E-state index contributed by atoms with van der Waals surface area (Å²) in [4.78, 5) is 16.6. The van der Waals surface area contributed by atoms with Crippen LogP contribution in [-0.2, 0) is 27.8 Å². The first kappa shape index (κ1) is 16.6. The highest BCUT2D eigenvalue weighted by molar-refractivity contribution is 9.10. The summed E-state index contributed by atoms with van der Waals surface area (Å²) in [5, 5.41) is 3.17. The number of rotatable bonds is 3. The summed E-state index contributed by atoms with van der Waals surface area (Å²) in [6.07, 6.45) is 0.543. The Bertz CT molecular complexity index is 847. The van der Waals surface area contributed by atoms with Crippen LogP contribution in [0.1, 0.15) is 17.5 Å². The van der Waals surface area contributed by atoms with Gasteiger partial charge >= 0.3 is 0 Å². The van der Waals surface area contributed by atoms with E-state index in [-0.39, 0.29) is 17.3 Å². The van der Waals surface area contributed by atoms with E-state index in [1.807, 2.05) is 0 Å². The summed E-state index contributed by atoms with van der Waals surface area (Å²) in [6, 6.07) is 6.60. The van der Waals surface area contributed by atoms with Gasteiger partial charge < -0.3 is 5.32 Å². The van der Waals surface area contributed by atoms with Crippen LogP contribution in [-0.4, -0.2) is 30.2 Å². The molecule has 9 heteroatoms. The highest BCUT2D eigenvalue weighted by Crippen LogP contribution is 2.31. The molecule has 1 aromatic carbocycles. The van der Waals surface area contributed by atoms with Crippen molar-refractivity contribution < 1.29 is 13.2 Å². The van der Waals surface area contributed by atoms with Crippen LogP contribution in [0.15, 0.2) is 33.6 Å². The Morgan fingerprint density at radius 3 is 2.70 bits per heavy atom. The molecule has 2 aromatic rings. The molecule has 1 amide bonds. The van der Waals surface area contributed by atoms with E-state index in [4.69, 9.17) is 0 Å². The topological polar surface area (TPSA) is 79.4 Å². The molecule has 23 heavy (non-hydrogen) atoms. The number of hydrogen-bond acceptors (Lipinski definition) is 5. The second-order valence-corrected chi connectivity index (χ2v) is 9.05. The molecule has 2 heterocycles. The molecule has 0 radical (unpaired) electrons. The molecule has 1 N–H and O–H groups in total. The van der Waals surface area contributed by atoms with Crippen molar-refractivity contribution in [2.75, 3.05) is 11.9 Å². The highest BCUT2D eigenvalue weighted by Gasteiger charge is 2.30. The van der Waals surface area contributed by atoms with Gasteiger partial charge in [-0.2, -0.15) is 4.31 Å². The van der Waals surface area contributed by atoms with E-state index >= 15 is 0 Å². The van der Waals surface area contributed by atoms with Crippen molar-refractivity contribution in [3.8, 4) is 0 Å². The van der Waals surface area contributed by atoms with E-state index in [2.05, 4.69) is 26.2 Å². The van der Waals surface area contributed by atoms with Crippen molar-refractivity contribution in [1.29, 1.82) is 0 Å². The van der Waals surface area contributed by atoms with Crippen LogP contribution in [0.4, 0.5) is 5.13 Å². The Hall–Kier alpha value is -1.29. The number of nitrogens with zero attached hydrogens (tertiary/aromatic N) is 2. The predicted molar refractivity (Wildman–Crippen MR) is 91.9 cm³/mol. The smallest absolute Gasteiger partial charge is 0.243 e. The number of benzene rings is 1. The first-order valence-corrected chi connectivity index (χ1v) is 9.93. The number of hydrogen-bond donors (Lipinski definition) is 1. The lowest BCUT2D eigenvalue weighted by Gasteiger charge is -2.25. The summed E-state index contributed by atoms with van der Waals surface area (Å²) in [7, 11) is -3.53. The molecule has 0 fully saturated rings. The van der Waals surface area contributed by atoms with Crippen LogP contribution in [0, 0.1) is 0 Å². The lowest BCUT2D eigenvalue weighted by molar-refractivity contribution is -0.114. The molecule has 1 aliphatic rings. The first-order chi connectivity index (χ1) is 10.9. The van der Waals surface area contributed by atoms with Crippen LogP contribution in [0.25, 0.3) is 0 Å². The first-order valence-electron chi connectivity index (χ1n) is 6.88. The Labute approximate surface area is 146 Å². The van der Waals surface area contributed by atoms with Gasteiger partial charge in [-0.05, 0) is 24.3 Å². The Morgan fingerprint density at radius 2 is 2.04 bits per heavy atom. The Morgan fingerprint density at radius 1 is 1.35 bits per heavy atom. The number of carbonyl (C=O) groups excluding carboxylic acids is 1. The SMILES string of the molecule is CC(=O)Nc1nc2c(s1)CN(S(=O)(=O)c1ccc(Br)cc1)CC2. The maximum absolute atomic E-state index is 12.7. The summed E-state index contributed by atoms with van der Waals surface area (Å²) in [6.45, 7) is 2.09. The molecule has 0 unspecified atom stereocenters. The van der Waals surface area contributed by atoms with Gasteiger partial charge in [0, 0.05) is 29.2 Å². The predicted octanol–water partition coefficient (Wildman–Crippen LogP) is 2.61. The number of thiazole rings is 1. The van der Waals surface area contributed by atoms with Gasteiger partial charge in [0.05, 0.1) is 17.1 Å². The van der Waals surface area contributed by atoms with E-state index in [1.165, 1.54) is 22.6 Å². The number of halogens is 1. The fourth-order valence-corrected chi connectivity index (χ4v) is 5.16. The van der Waals surface area contributed by atoms with Crippen molar-refractivity contribution in [2.45, 2.75) is 24.8 Å². The third-order valence-corrected chi connectivity index (χ3v) is 6.82. The highest BCUT2D eigenvalue weighted by atomic mass is 79.9. The van der Waals surface area contributed by atoms with Crippen molar-refractivity contribution >= 4 is 48.3 Å². The minimum Gasteiger partial charge on any atom is -0.302 e. The molecule has 122 valence electrons. The average Bonchev–Trinajstić information content (AvgIpc) is 2.87. The van der Waals surface area contributed by atoms with Gasteiger partial charge in [-0.15, -0.1) is 11.3 Å². The minimum atomic E-state index is -3.53. The van der Waals surface area contributed by atoms with Crippen molar-refractivity contribution in [3.63, 3.8) is 0 Å². The summed E-state index contributed by atoms with van der Waals surface area (Å²) >= 11 is 4.63. The number of sulfonamides is 1. The van der Waals surface area contributed by atoms with E-state index in [0.29, 0.717) is 18.1 Å². The fourth-order valence-electron chi connectivity index (χ4n) is 2.34. The quantitative estimate of drug-likeness (QED) is 0.835. The van der Waals surface area contributed by atoms with Crippen LogP contribution < -0.4 is 5.32 Å². The van der Waals surface area contributed by atoms with Gasteiger partial charge in [0.1, 0.15) is 0 Å². The summed E-state index contributed by atoms with van der Waals surface area (Å²) < 4.78 is 27.7. The number of aromatic nitrogens is 1. The van der Waals surface area contributed by atoms with Crippen molar-refractivity contribution in [3.05, 3.63) is 39.3 Å². The van der Waals surface area contributed by atoms with Gasteiger partial charge in [-0.1, -0.05) is 15.9 Å². The van der Waals surface area contributed by atoms with E-state index < -0.39 is 10.0 Å². The third kappa shape index (κ3) is 3.47. The fraction of sp³-hybridized carbons (Fsp3) is 0.286. The number of fused-ring (bicyclic) bond motifs is 1. The lowest BCUT2D eigenvalue weighted by Crippen LogP contribution is -2.35. The molecule has 0 saturated carbocycles. The van der Waals surface area contributed by atoms with E-state index in [0.717, 1.165) is 15.0 Å². The lowest BCUT2D eigenvalue weighted by atomic mass is 10.2. The molecule has 0 bridgehead atoms. The van der Waals surface area contributed by atoms with Crippen LogP contribution in [0.3, 0.4) is 0 Å². The molecule has 1 aliphatic heterocycles. The van der Waals surface area contributed by atoms with E-state index in [9.17, 15) is 13.2 Å². The molecule has 0 saturated heterocycles.